The fraction of sp³-hybridized carbons (Fsp3) is 0.429. The third-order valence-corrected chi connectivity index (χ3v) is 4.89. The number of thioether (sulfide) groups is 1. The number of aromatic nitrogens is 3. The van der Waals surface area contributed by atoms with E-state index in [1.165, 1.54) is 30.4 Å². The Kier molecular flexibility index (Phi) is 3.84. The van der Waals surface area contributed by atoms with Crippen molar-refractivity contribution >= 4 is 11.8 Å². The summed E-state index contributed by atoms with van der Waals surface area (Å²) in [5, 5.41) is 11.8. The Hall–Kier alpha value is -1.33. The predicted molar refractivity (Wildman–Crippen MR) is 77.2 cm³/mol. The first-order valence-electron chi connectivity index (χ1n) is 6.65. The minimum atomic E-state index is 0.369. The third kappa shape index (κ3) is 2.67. The number of rotatable bonds is 3. The van der Waals surface area contributed by atoms with E-state index in [1.807, 2.05) is 7.05 Å². The molecule has 0 saturated heterocycles. The second kappa shape index (κ2) is 5.75. The molecule has 1 aliphatic rings. The highest BCUT2D eigenvalue weighted by atomic mass is 32.2. The van der Waals surface area contributed by atoms with Crippen LogP contribution >= 0.6 is 11.8 Å². The molecule has 5 heteroatoms. The van der Waals surface area contributed by atoms with Crippen LogP contribution in [-0.2, 0) is 6.42 Å². The molecule has 0 aliphatic heterocycles. The lowest BCUT2D eigenvalue weighted by atomic mass is 9.99. The Morgan fingerprint density at radius 3 is 3.05 bits per heavy atom. The van der Waals surface area contributed by atoms with Crippen LogP contribution in [0.15, 0.2) is 35.7 Å². The highest BCUT2D eigenvalue weighted by molar-refractivity contribution is 7.99. The lowest BCUT2D eigenvalue weighted by molar-refractivity contribution is 0.547. The van der Waals surface area contributed by atoms with Gasteiger partial charge in [0.2, 0.25) is 0 Å². The lowest BCUT2D eigenvalue weighted by Crippen LogP contribution is -2.27. The molecule has 0 radical (unpaired) electrons. The maximum absolute atomic E-state index is 4.23. The van der Waals surface area contributed by atoms with E-state index in [1.54, 1.807) is 18.1 Å². The summed E-state index contributed by atoms with van der Waals surface area (Å²) >= 11 is 1.79. The van der Waals surface area contributed by atoms with Gasteiger partial charge in [-0.1, -0.05) is 36.0 Å². The summed E-state index contributed by atoms with van der Waals surface area (Å²) in [5.74, 6) is 0. The number of nitrogens with zero attached hydrogens (tertiary/aromatic N) is 2. The molecular formula is C14H18N4S. The van der Waals surface area contributed by atoms with E-state index in [9.17, 15) is 0 Å². The molecule has 2 atom stereocenters. The summed E-state index contributed by atoms with van der Waals surface area (Å²) in [6.07, 6.45) is 5.15. The molecule has 100 valence electrons. The standard InChI is InChI=1S/C14H18N4S/c1-15-13-11-7-3-2-5-10(11)6-4-8-12(13)19-14-16-9-17-18-14/h2-3,5,7,9,12-13,15H,4,6,8H2,1H3,(H,16,17,18). The number of aryl methyl sites for hydroxylation is 1. The van der Waals surface area contributed by atoms with Gasteiger partial charge in [0, 0.05) is 11.3 Å². The number of benzene rings is 1. The number of hydrogen-bond acceptors (Lipinski definition) is 4. The van der Waals surface area contributed by atoms with Crippen LogP contribution in [0.25, 0.3) is 0 Å². The molecule has 0 spiro atoms. The molecule has 1 heterocycles. The second-order valence-electron chi connectivity index (χ2n) is 4.80. The average Bonchev–Trinajstić information content (AvgIpc) is 2.87. The minimum absolute atomic E-state index is 0.369. The molecule has 0 saturated carbocycles. The van der Waals surface area contributed by atoms with Gasteiger partial charge in [-0.3, -0.25) is 5.10 Å². The Balaban J connectivity index is 1.88. The number of nitrogens with one attached hydrogen (secondary N) is 2. The zero-order chi connectivity index (χ0) is 13.1. The molecule has 1 aromatic heterocycles. The molecular weight excluding hydrogens is 256 g/mol. The van der Waals surface area contributed by atoms with Gasteiger partial charge in [0.25, 0.3) is 0 Å². The summed E-state index contributed by atoms with van der Waals surface area (Å²) in [6, 6.07) is 9.13. The average molecular weight is 274 g/mol. The van der Waals surface area contributed by atoms with Gasteiger partial charge in [0.05, 0.1) is 0 Å². The summed E-state index contributed by atoms with van der Waals surface area (Å²) in [6.45, 7) is 0. The quantitative estimate of drug-likeness (QED) is 0.845. The van der Waals surface area contributed by atoms with E-state index < -0.39 is 0 Å². The number of H-pyrrole nitrogens is 1. The summed E-state index contributed by atoms with van der Waals surface area (Å²) in [4.78, 5) is 4.23. The van der Waals surface area contributed by atoms with Crippen molar-refractivity contribution in [3.63, 3.8) is 0 Å². The number of hydrogen-bond donors (Lipinski definition) is 2. The van der Waals surface area contributed by atoms with Gasteiger partial charge in [-0.2, -0.15) is 5.10 Å². The van der Waals surface area contributed by atoms with Gasteiger partial charge in [-0.15, -0.1) is 0 Å². The maximum Gasteiger partial charge on any atom is 0.183 e. The Morgan fingerprint density at radius 1 is 1.37 bits per heavy atom. The summed E-state index contributed by atoms with van der Waals surface area (Å²) in [5.41, 5.74) is 2.90. The van der Waals surface area contributed by atoms with Crippen LogP contribution in [0.1, 0.15) is 30.0 Å². The molecule has 0 fully saturated rings. The van der Waals surface area contributed by atoms with Crippen LogP contribution in [0.3, 0.4) is 0 Å². The van der Waals surface area contributed by atoms with Crippen LogP contribution in [0.5, 0.6) is 0 Å². The SMILES string of the molecule is CNC1c2ccccc2CCCC1Sc1ncn[nH]1. The number of aromatic amines is 1. The minimum Gasteiger partial charge on any atom is -0.312 e. The summed E-state index contributed by atoms with van der Waals surface area (Å²) in [7, 11) is 2.04. The van der Waals surface area contributed by atoms with Crippen LogP contribution in [0, 0.1) is 0 Å². The van der Waals surface area contributed by atoms with Crippen molar-refractivity contribution < 1.29 is 0 Å². The third-order valence-electron chi connectivity index (χ3n) is 3.66. The first-order valence-corrected chi connectivity index (χ1v) is 7.53. The molecule has 2 aromatic rings. The zero-order valence-electron chi connectivity index (χ0n) is 11.0. The van der Waals surface area contributed by atoms with E-state index in [0.29, 0.717) is 11.3 Å². The van der Waals surface area contributed by atoms with E-state index in [-0.39, 0.29) is 0 Å². The normalized spacial score (nSPS) is 22.8. The first kappa shape index (κ1) is 12.7. The van der Waals surface area contributed by atoms with Crippen molar-refractivity contribution in [1.29, 1.82) is 0 Å². The van der Waals surface area contributed by atoms with Gasteiger partial charge < -0.3 is 5.32 Å². The van der Waals surface area contributed by atoms with E-state index in [2.05, 4.69) is 44.8 Å². The Morgan fingerprint density at radius 2 is 2.26 bits per heavy atom. The van der Waals surface area contributed by atoms with Gasteiger partial charge in [0.15, 0.2) is 5.16 Å². The smallest absolute Gasteiger partial charge is 0.183 e. The van der Waals surface area contributed by atoms with E-state index in [0.717, 1.165) is 5.16 Å². The summed E-state index contributed by atoms with van der Waals surface area (Å²) < 4.78 is 0. The maximum atomic E-state index is 4.23. The highest BCUT2D eigenvalue weighted by Gasteiger charge is 2.27. The molecule has 1 aliphatic carbocycles. The largest absolute Gasteiger partial charge is 0.312 e. The second-order valence-corrected chi connectivity index (χ2v) is 6.03. The Labute approximate surface area is 117 Å². The molecule has 19 heavy (non-hydrogen) atoms. The molecule has 4 nitrogen and oxygen atoms in total. The van der Waals surface area contributed by atoms with Gasteiger partial charge >= 0.3 is 0 Å². The van der Waals surface area contributed by atoms with E-state index >= 15 is 0 Å². The monoisotopic (exact) mass is 274 g/mol. The zero-order valence-corrected chi connectivity index (χ0v) is 11.8. The van der Waals surface area contributed by atoms with Gasteiger partial charge in [-0.25, -0.2) is 4.98 Å². The molecule has 0 amide bonds. The molecule has 1 aromatic carbocycles. The fourth-order valence-corrected chi connectivity index (χ4v) is 3.99. The molecule has 3 rings (SSSR count). The first-order chi connectivity index (χ1) is 9.38. The molecule has 0 bridgehead atoms. The van der Waals surface area contributed by atoms with Crippen molar-refractivity contribution in [2.45, 2.75) is 35.7 Å². The van der Waals surface area contributed by atoms with Crippen molar-refractivity contribution in [3.8, 4) is 0 Å². The molecule has 2 unspecified atom stereocenters. The van der Waals surface area contributed by atoms with Gasteiger partial charge in [-0.05, 0) is 37.4 Å². The fourth-order valence-electron chi connectivity index (χ4n) is 2.79. The topological polar surface area (TPSA) is 53.6 Å². The van der Waals surface area contributed by atoms with Crippen molar-refractivity contribution in [2.24, 2.45) is 0 Å². The van der Waals surface area contributed by atoms with Crippen molar-refractivity contribution in [1.82, 2.24) is 20.5 Å². The van der Waals surface area contributed by atoms with Crippen molar-refractivity contribution in [2.75, 3.05) is 7.05 Å². The van der Waals surface area contributed by atoms with E-state index in [4.69, 9.17) is 0 Å². The van der Waals surface area contributed by atoms with Crippen LogP contribution in [0.4, 0.5) is 0 Å². The lowest BCUT2D eigenvalue weighted by Gasteiger charge is -2.25. The van der Waals surface area contributed by atoms with Crippen LogP contribution in [-0.4, -0.2) is 27.5 Å². The highest BCUT2D eigenvalue weighted by Crippen LogP contribution is 2.37. The Bertz CT molecular complexity index is 526. The number of fused-ring (bicyclic) bond motifs is 1. The van der Waals surface area contributed by atoms with Gasteiger partial charge in [0.1, 0.15) is 6.33 Å². The van der Waals surface area contributed by atoms with Crippen molar-refractivity contribution in [3.05, 3.63) is 41.7 Å². The predicted octanol–water partition coefficient (Wildman–Crippen LogP) is 2.56. The van der Waals surface area contributed by atoms with Crippen LogP contribution < -0.4 is 5.32 Å². The van der Waals surface area contributed by atoms with Crippen LogP contribution in [0.2, 0.25) is 0 Å². The molecule has 2 N–H and O–H groups in total.